The van der Waals surface area contributed by atoms with Gasteiger partial charge < -0.3 is 20.5 Å². The van der Waals surface area contributed by atoms with Gasteiger partial charge in [0.05, 0.1) is 31.2 Å². The van der Waals surface area contributed by atoms with E-state index in [0.717, 1.165) is 22.4 Å². The molecule has 1 atom stereocenters. The zero-order valence-electron chi connectivity index (χ0n) is 16.7. The minimum absolute atomic E-state index is 0.375. The number of nitrogens with two attached hydrogens (primary N) is 1. The Morgan fingerprint density at radius 2 is 1.77 bits per heavy atom. The third kappa shape index (κ3) is 3.16. The molecular weight excluding hydrogens is 402 g/mol. The van der Waals surface area contributed by atoms with E-state index in [-0.39, 0.29) is 0 Å². The summed E-state index contributed by atoms with van der Waals surface area (Å²) in [6, 6.07) is 15.2. The van der Waals surface area contributed by atoms with Crippen LogP contribution in [0.3, 0.4) is 0 Å². The molecule has 152 valence electrons. The number of benzene rings is 2. The molecule has 0 aliphatic carbocycles. The second-order valence-electron chi connectivity index (χ2n) is 6.80. The van der Waals surface area contributed by atoms with Crippen molar-refractivity contribution in [3.8, 4) is 28.7 Å². The molecule has 0 amide bonds. The van der Waals surface area contributed by atoms with E-state index in [1.807, 2.05) is 43.3 Å². The number of rotatable bonds is 4. The highest BCUT2D eigenvalue weighted by atomic mass is 35.5. The standard InChI is InChI=1S/C22H20ClN5O2/c1-12-19(13-4-7-15(23)8-5-13)22-26-20(16(11-24)21(25)28(22)27-12)14-6-9-17(29-2)18(10-14)30-3/h4-10,21,26H,25H2,1-3H3. The maximum atomic E-state index is 9.83. The molecule has 1 aliphatic heterocycles. The first-order valence-corrected chi connectivity index (χ1v) is 9.60. The molecule has 3 N–H and O–H groups in total. The fraction of sp³-hybridized carbons (Fsp3) is 0.182. The van der Waals surface area contributed by atoms with Gasteiger partial charge in [0.2, 0.25) is 0 Å². The molecule has 1 aliphatic rings. The van der Waals surface area contributed by atoms with Crippen molar-refractivity contribution in [1.82, 2.24) is 9.78 Å². The quantitative estimate of drug-likeness (QED) is 0.650. The van der Waals surface area contributed by atoms with Crippen LogP contribution in [-0.2, 0) is 0 Å². The molecule has 4 rings (SSSR count). The summed E-state index contributed by atoms with van der Waals surface area (Å²) in [4.78, 5) is 0. The number of methoxy groups -OCH3 is 2. The zero-order valence-corrected chi connectivity index (χ0v) is 17.5. The molecule has 7 nitrogen and oxygen atoms in total. The molecule has 0 radical (unpaired) electrons. The van der Waals surface area contributed by atoms with Crippen LogP contribution in [0, 0.1) is 18.3 Å². The van der Waals surface area contributed by atoms with Crippen molar-refractivity contribution in [3.63, 3.8) is 0 Å². The second-order valence-corrected chi connectivity index (χ2v) is 7.24. The molecule has 0 spiro atoms. The van der Waals surface area contributed by atoms with Crippen LogP contribution in [-0.4, -0.2) is 24.0 Å². The number of anilines is 1. The second kappa shape index (κ2) is 7.75. The summed E-state index contributed by atoms with van der Waals surface area (Å²) < 4.78 is 12.4. The highest BCUT2D eigenvalue weighted by Gasteiger charge is 2.31. The van der Waals surface area contributed by atoms with Crippen molar-refractivity contribution in [2.75, 3.05) is 19.5 Å². The number of nitrogens with one attached hydrogen (secondary N) is 1. The van der Waals surface area contributed by atoms with Crippen LogP contribution in [0.5, 0.6) is 11.5 Å². The summed E-state index contributed by atoms with van der Waals surface area (Å²) in [6.07, 6.45) is -0.728. The van der Waals surface area contributed by atoms with Gasteiger partial charge >= 0.3 is 0 Å². The van der Waals surface area contributed by atoms with Crippen LogP contribution in [0.1, 0.15) is 17.4 Å². The normalized spacial score (nSPS) is 15.3. The van der Waals surface area contributed by atoms with E-state index >= 15 is 0 Å². The van der Waals surface area contributed by atoms with Gasteiger partial charge in [0.1, 0.15) is 18.1 Å². The van der Waals surface area contributed by atoms with E-state index in [9.17, 15) is 5.26 Å². The van der Waals surface area contributed by atoms with Crippen LogP contribution in [0.2, 0.25) is 5.02 Å². The van der Waals surface area contributed by atoms with Crippen LogP contribution in [0.4, 0.5) is 5.82 Å². The number of hydrogen-bond donors (Lipinski definition) is 2. The smallest absolute Gasteiger partial charge is 0.161 e. The fourth-order valence-corrected chi connectivity index (χ4v) is 3.75. The van der Waals surface area contributed by atoms with E-state index in [1.165, 1.54) is 0 Å². The number of aromatic nitrogens is 2. The van der Waals surface area contributed by atoms with Crippen molar-refractivity contribution < 1.29 is 9.47 Å². The Morgan fingerprint density at radius 1 is 1.10 bits per heavy atom. The SMILES string of the molecule is COc1ccc(C2=C(C#N)C(N)n3nc(C)c(-c4ccc(Cl)cc4)c3N2)cc1OC. The average molecular weight is 422 g/mol. The topological polar surface area (TPSA) is 98.1 Å². The predicted molar refractivity (Wildman–Crippen MR) is 116 cm³/mol. The molecule has 2 heterocycles. The summed E-state index contributed by atoms with van der Waals surface area (Å²) in [6.45, 7) is 1.91. The van der Waals surface area contributed by atoms with Gasteiger partial charge in [-0.1, -0.05) is 23.7 Å². The maximum Gasteiger partial charge on any atom is 0.161 e. The summed E-state index contributed by atoms with van der Waals surface area (Å²) in [5, 5.41) is 18.5. The number of ether oxygens (including phenoxy) is 2. The van der Waals surface area contributed by atoms with Gasteiger partial charge in [-0.3, -0.25) is 0 Å². The number of halogens is 1. The van der Waals surface area contributed by atoms with Gasteiger partial charge in [-0.2, -0.15) is 10.4 Å². The van der Waals surface area contributed by atoms with Crippen molar-refractivity contribution in [1.29, 1.82) is 5.26 Å². The van der Waals surface area contributed by atoms with E-state index in [2.05, 4.69) is 16.5 Å². The largest absolute Gasteiger partial charge is 0.493 e. The van der Waals surface area contributed by atoms with Crippen molar-refractivity contribution in [3.05, 3.63) is 64.3 Å². The number of nitrogens with zero attached hydrogens (tertiary/aromatic N) is 3. The molecule has 1 unspecified atom stereocenters. The van der Waals surface area contributed by atoms with Gasteiger partial charge in [0.15, 0.2) is 11.5 Å². The van der Waals surface area contributed by atoms with Gasteiger partial charge in [-0.25, -0.2) is 4.68 Å². The van der Waals surface area contributed by atoms with E-state index in [0.29, 0.717) is 33.6 Å². The van der Waals surface area contributed by atoms with E-state index < -0.39 is 6.17 Å². The first kappa shape index (κ1) is 19.8. The molecule has 0 bridgehead atoms. The number of aryl methyl sites for hydroxylation is 1. The van der Waals surface area contributed by atoms with Crippen molar-refractivity contribution >= 4 is 23.1 Å². The lowest BCUT2D eigenvalue weighted by atomic mass is 10.0. The monoisotopic (exact) mass is 421 g/mol. The Hall–Kier alpha value is -3.47. The summed E-state index contributed by atoms with van der Waals surface area (Å²) in [5.74, 6) is 1.87. The van der Waals surface area contributed by atoms with Gasteiger partial charge in [-0.05, 0) is 42.8 Å². The number of nitriles is 1. The molecule has 0 fully saturated rings. The van der Waals surface area contributed by atoms with Crippen LogP contribution in [0.15, 0.2) is 48.0 Å². The molecule has 3 aromatic rings. The minimum atomic E-state index is -0.728. The number of fused-ring (bicyclic) bond motifs is 1. The lowest BCUT2D eigenvalue weighted by molar-refractivity contribution is 0.355. The van der Waals surface area contributed by atoms with Crippen LogP contribution < -0.4 is 20.5 Å². The molecule has 2 aromatic carbocycles. The predicted octanol–water partition coefficient (Wildman–Crippen LogP) is 4.35. The zero-order chi connectivity index (χ0) is 21.4. The summed E-state index contributed by atoms with van der Waals surface area (Å²) in [7, 11) is 3.14. The van der Waals surface area contributed by atoms with Crippen LogP contribution in [0.25, 0.3) is 16.8 Å². The first-order valence-electron chi connectivity index (χ1n) is 9.22. The molecule has 1 aromatic heterocycles. The van der Waals surface area contributed by atoms with E-state index in [1.54, 1.807) is 25.0 Å². The van der Waals surface area contributed by atoms with Gasteiger partial charge in [-0.15, -0.1) is 0 Å². The van der Waals surface area contributed by atoms with Crippen LogP contribution >= 0.6 is 11.6 Å². The fourth-order valence-electron chi connectivity index (χ4n) is 3.63. The highest BCUT2D eigenvalue weighted by molar-refractivity contribution is 6.30. The Balaban J connectivity index is 1.87. The first-order chi connectivity index (χ1) is 14.5. The molecule has 0 saturated carbocycles. The lowest BCUT2D eigenvalue weighted by Gasteiger charge is -2.26. The third-order valence-electron chi connectivity index (χ3n) is 5.08. The maximum absolute atomic E-state index is 9.83. The van der Waals surface area contributed by atoms with Crippen molar-refractivity contribution in [2.45, 2.75) is 13.1 Å². The Morgan fingerprint density at radius 3 is 2.40 bits per heavy atom. The van der Waals surface area contributed by atoms with Gasteiger partial charge in [0.25, 0.3) is 0 Å². The Labute approximate surface area is 179 Å². The van der Waals surface area contributed by atoms with E-state index in [4.69, 9.17) is 26.8 Å². The molecular formula is C22H20ClN5O2. The Kier molecular flexibility index (Phi) is 5.12. The molecule has 8 heteroatoms. The van der Waals surface area contributed by atoms with Crippen molar-refractivity contribution in [2.24, 2.45) is 5.73 Å². The number of hydrogen-bond acceptors (Lipinski definition) is 6. The molecule has 0 saturated heterocycles. The summed E-state index contributed by atoms with van der Waals surface area (Å²) >= 11 is 6.05. The lowest BCUT2D eigenvalue weighted by Crippen LogP contribution is -2.29. The average Bonchev–Trinajstić information content (AvgIpc) is 3.10. The summed E-state index contributed by atoms with van der Waals surface area (Å²) in [5.41, 5.74) is 10.8. The molecule has 30 heavy (non-hydrogen) atoms. The Bertz CT molecular complexity index is 1190. The van der Waals surface area contributed by atoms with Gasteiger partial charge in [0, 0.05) is 16.1 Å². The minimum Gasteiger partial charge on any atom is -0.493 e. The third-order valence-corrected chi connectivity index (χ3v) is 5.33. The highest BCUT2D eigenvalue weighted by Crippen LogP contribution is 2.41.